The first-order valence-electron chi connectivity index (χ1n) is 8.34. The van der Waals surface area contributed by atoms with Crippen molar-refractivity contribution in [2.75, 3.05) is 26.5 Å². The van der Waals surface area contributed by atoms with Gasteiger partial charge in [0.05, 0.1) is 7.11 Å². The second-order valence-corrected chi connectivity index (χ2v) is 9.17. The predicted octanol–water partition coefficient (Wildman–Crippen LogP) is 3.31. The lowest BCUT2D eigenvalue weighted by atomic mass is 10.1. The van der Waals surface area contributed by atoms with E-state index in [1.54, 1.807) is 30.3 Å². The van der Waals surface area contributed by atoms with Crippen LogP contribution in [-0.2, 0) is 14.8 Å². The summed E-state index contributed by atoms with van der Waals surface area (Å²) in [6.45, 7) is 0. The van der Waals surface area contributed by atoms with Crippen LogP contribution < -0.4 is 10.1 Å². The molecule has 0 saturated carbocycles. The van der Waals surface area contributed by atoms with E-state index in [-0.39, 0.29) is 35.2 Å². The van der Waals surface area contributed by atoms with Crippen molar-refractivity contribution in [3.8, 4) is 5.75 Å². The second kappa shape index (κ2) is 9.31. The fourth-order valence-electron chi connectivity index (χ4n) is 2.38. The topological polar surface area (TPSA) is 92.8 Å². The van der Waals surface area contributed by atoms with E-state index in [2.05, 4.69) is 21.2 Å². The van der Waals surface area contributed by atoms with E-state index >= 15 is 0 Å². The minimum Gasteiger partial charge on any atom is -0.495 e. The molecule has 0 saturated heterocycles. The third-order valence-electron chi connectivity index (χ3n) is 3.95. The zero-order valence-electron chi connectivity index (χ0n) is 15.7. The number of hydrogen-bond donors (Lipinski definition) is 1. The van der Waals surface area contributed by atoms with Crippen molar-refractivity contribution in [2.45, 2.75) is 17.7 Å². The Kier molecular flexibility index (Phi) is 7.34. The Labute approximate surface area is 172 Å². The molecule has 1 N–H and O–H groups in total. The Morgan fingerprint density at radius 2 is 1.71 bits per heavy atom. The van der Waals surface area contributed by atoms with E-state index in [4.69, 9.17) is 4.74 Å². The number of sulfonamides is 1. The van der Waals surface area contributed by atoms with Crippen molar-refractivity contribution in [2.24, 2.45) is 0 Å². The number of hydrogen-bond acceptors (Lipinski definition) is 5. The molecule has 9 heteroatoms. The summed E-state index contributed by atoms with van der Waals surface area (Å²) in [7, 11) is 0.448. The maximum absolute atomic E-state index is 12.4. The largest absolute Gasteiger partial charge is 0.495 e. The van der Waals surface area contributed by atoms with Crippen LogP contribution in [0.3, 0.4) is 0 Å². The van der Waals surface area contributed by atoms with Gasteiger partial charge in [-0.2, -0.15) is 0 Å². The molecule has 0 heterocycles. The Morgan fingerprint density at radius 3 is 2.29 bits per heavy atom. The number of carbonyl (C=O) groups is 2. The summed E-state index contributed by atoms with van der Waals surface area (Å²) in [4.78, 5) is 24.3. The highest BCUT2D eigenvalue weighted by molar-refractivity contribution is 9.10. The number of anilines is 1. The minimum absolute atomic E-state index is 0.0172. The second-order valence-electron chi connectivity index (χ2n) is 6.13. The van der Waals surface area contributed by atoms with Crippen LogP contribution in [0.15, 0.2) is 51.8 Å². The Balaban J connectivity index is 2.07. The van der Waals surface area contributed by atoms with Gasteiger partial charge in [-0.3, -0.25) is 9.59 Å². The number of ketones is 1. The van der Waals surface area contributed by atoms with Gasteiger partial charge in [-0.25, -0.2) is 12.7 Å². The van der Waals surface area contributed by atoms with Crippen LogP contribution in [0, 0.1) is 0 Å². The molecule has 0 aliphatic rings. The summed E-state index contributed by atoms with van der Waals surface area (Å²) in [5.41, 5.74) is 0.835. The molecular formula is C19H21BrN2O5S. The summed E-state index contributed by atoms with van der Waals surface area (Å²) in [6.07, 6.45) is 0.0309. The fraction of sp³-hybridized carbons (Fsp3) is 0.263. The molecule has 0 aliphatic heterocycles. The number of nitrogens with one attached hydrogen (secondary N) is 1. The predicted molar refractivity (Wildman–Crippen MR) is 110 cm³/mol. The normalized spacial score (nSPS) is 11.3. The summed E-state index contributed by atoms with van der Waals surface area (Å²) >= 11 is 3.30. The molecule has 2 rings (SSSR count). The molecule has 0 radical (unpaired) electrons. The fourth-order valence-corrected chi connectivity index (χ4v) is 3.72. The third-order valence-corrected chi connectivity index (χ3v) is 6.32. The first kappa shape index (κ1) is 22.1. The highest BCUT2D eigenvalue weighted by Crippen LogP contribution is 2.29. The standard InChI is InChI=1S/C19H21BrN2O5S/c1-22(2)28(25,26)18-12-15(8-10-17(18)27-3)21-19(24)11-9-16(23)13-4-6-14(20)7-5-13/h4-8,10,12H,9,11H2,1-3H3,(H,21,24). The van der Waals surface area contributed by atoms with Crippen LogP contribution in [-0.4, -0.2) is 45.6 Å². The molecule has 0 atom stereocenters. The van der Waals surface area contributed by atoms with Gasteiger partial charge in [-0.15, -0.1) is 0 Å². The molecule has 0 unspecified atom stereocenters. The molecule has 0 aromatic heterocycles. The highest BCUT2D eigenvalue weighted by atomic mass is 79.9. The van der Waals surface area contributed by atoms with Gasteiger partial charge in [-0.1, -0.05) is 28.1 Å². The van der Waals surface area contributed by atoms with Gasteiger partial charge in [0.2, 0.25) is 15.9 Å². The zero-order valence-corrected chi connectivity index (χ0v) is 18.1. The quantitative estimate of drug-likeness (QED) is 0.599. The lowest BCUT2D eigenvalue weighted by Crippen LogP contribution is -2.23. The molecule has 0 fully saturated rings. The van der Waals surface area contributed by atoms with Gasteiger partial charge < -0.3 is 10.1 Å². The Bertz CT molecular complexity index is 972. The Morgan fingerprint density at radius 1 is 1.07 bits per heavy atom. The minimum atomic E-state index is -3.74. The van der Waals surface area contributed by atoms with E-state index in [1.807, 2.05) is 0 Å². The maximum Gasteiger partial charge on any atom is 0.246 e. The number of Topliss-reactive ketones (excluding diaryl/α,β-unsaturated/α-hetero) is 1. The first-order valence-corrected chi connectivity index (χ1v) is 10.6. The average molecular weight is 469 g/mol. The van der Waals surface area contributed by atoms with Gasteiger partial charge in [0.15, 0.2) is 5.78 Å². The lowest BCUT2D eigenvalue weighted by molar-refractivity contribution is -0.116. The van der Waals surface area contributed by atoms with Crippen molar-refractivity contribution in [1.29, 1.82) is 0 Å². The van der Waals surface area contributed by atoms with Crippen molar-refractivity contribution in [1.82, 2.24) is 4.31 Å². The number of rotatable bonds is 8. The smallest absolute Gasteiger partial charge is 0.246 e. The monoisotopic (exact) mass is 468 g/mol. The molecule has 0 spiro atoms. The molecular weight excluding hydrogens is 448 g/mol. The van der Waals surface area contributed by atoms with Gasteiger partial charge in [0.1, 0.15) is 10.6 Å². The van der Waals surface area contributed by atoms with Gasteiger partial charge >= 0.3 is 0 Å². The van der Waals surface area contributed by atoms with E-state index in [0.29, 0.717) is 11.3 Å². The molecule has 150 valence electrons. The van der Waals surface area contributed by atoms with E-state index in [1.165, 1.54) is 33.3 Å². The van der Waals surface area contributed by atoms with Crippen LogP contribution in [0.5, 0.6) is 5.75 Å². The van der Waals surface area contributed by atoms with Gasteiger partial charge in [-0.05, 0) is 30.3 Å². The lowest BCUT2D eigenvalue weighted by Gasteiger charge is -2.16. The van der Waals surface area contributed by atoms with Crippen molar-refractivity contribution >= 4 is 43.3 Å². The molecule has 0 aliphatic carbocycles. The number of ether oxygens (including phenoxy) is 1. The summed E-state index contributed by atoms with van der Waals surface area (Å²) in [5.74, 6) is -0.353. The number of nitrogens with zero attached hydrogens (tertiary/aromatic N) is 1. The first-order chi connectivity index (χ1) is 13.1. The number of amides is 1. The summed E-state index contributed by atoms with van der Waals surface area (Å²) in [6, 6.07) is 11.2. The zero-order chi connectivity index (χ0) is 20.9. The molecule has 28 heavy (non-hydrogen) atoms. The van der Waals surface area contributed by atoms with Crippen LogP contribution in [0.25, 0.3) is 0 Å². The van der Waals surface area contributed by atoms with Crippen LogP contribution >= 0.6 is 15.9 Å². The van der Waals surface area contributed by atoms with E-state index in [0.717, 1.165) is 8.78 Å². The SMILES string of the molecule is COc1ccc(NC(=O)CCC(=O)c2ccc(Br)cc2)cc1S(=O)(=O)N(C)C. The van der Waals surface area contributed by atoms with Crippen molar-refractivity contribution < 1.29 is 22.7 Å². The highest BCUT2D eigenvalue weighted by Gasteiger charge is 2.23. The Hall–Kier alpha value is -2.23. The maximum atomic E-state index is 12.4. The van der Waals surface area contributed by atoms with Gasteiger partial charge in [0, 0.05) is 42.7 Å². The van der Waals surface area contributed by atoms with Crippen molar-refractivity contribution in [3.63, 3.8) is 0 Å². The summed E-state index contributed by atoms with van der Waals surface area (Å²) < 4.78 is 31.9. The number of methoxy groups -OCH3 is 1. The summed E-state index contributed by atoms with van der Waals surface area (Å²) in [5, 5.41) is 2.62. The third kappa shape index (κ3) is 5.40. The average Bonchev–Trinajstić information content (AvgIpc) is 2.66. The van der Waals surface area contributed by atoms with Crippen molar-refractivity contribution in [3.05, 3.63) is 52.5 Å². The number of benzene rings is 2. The van der Waals surface area contributed by atoms with E-state index < -0.39 is 10.0 Å². The van der Waals surface area contributed by atoms with Gasteiger partial charge in [0.25, 0.3) is 0 Å². The van der Waals surface area contributed by atoms with Crippen LogP contribution in [0.2, 0.25) is 0 Å². The van der Waals surface area contributed by atoms with E-state index in [9.17, 15) is 18.0 Å². The number of carbonyl (C=O) groups excluding carboxylic acids is 2. The van der Waals surface area contributed by atoms with Crippen LogP contribution in [0.1, 0.15) is 23.2 Å². The molecule has 2 aromatic carbocycles. The molecule has 0 bridgehead atoms. The van der Waals surface area contributed by atoms with Crippen LogP contribution in [0.4, 0.5) is 5.69 Å². The molecule has 2 aromatic rings. The molecule has 7 nitrogen and oxygen atoms in total. The molecule has 1 amide bonds. The number of halogens is 1.